The number of thioether (sulfide) groups is 1. The summed E-state index contributed by atoms with van der Waals surface area (Å²) in [7, 11) is 0. The molecule has 1 aromatic heterocycles. The Bertz CT molecular complexity index is 1220. The largest absolute Gasteiger partial charge is 0.481 e. The molecule has 0 aliphatic rings. The Kier molecular flexibility index (Phi) is 8.24. The Labute approximate surface area is 204 Å². The molecule has 3 rings (SSSR count). The van der Waals surface area contributed by atoms with Crippen LogP contribution in [0.15, 0.2) is 60.3 Å². The minimum atomic E-state index is -0.983. The summed E-state index contributed by atoms with van der Waals surface area (Å²) in [6.45, 7) is 7.59. The maximum absolute atomic E-state index is 13.5. The first-order valence-electron chi connectivity index (χ1n) is 10.1. The maximum Gasteiger partial charge on any atom is 0.306 e. The fourth-order valence-electron chi connectivity index (χ4n) is 2.96. The fraction of sp³-hybridized carbons (Fsp3) is 0.227. The molecular weight excluding hydrogens is 485 g/mol. The Morgan fingerprint density at radius 2 is 2.09 bits per heavy atom. The predicted octanol–water partition coefficient (Wildman–Crippen LogP) is 5.42. The molecule has 0 aliphatic heterocycles. The highest BCUT2D eigenvalue weighted by Crippen LogP contribution is 2.31. The number of carbonyl (C=O) groups is 1. The zero-order valence-corrected chi connectivity index (χ0v) is 19.8. The molecule has 2 unspecified atom stereocenters. The number of nitrogens with one attached hydrogen (secondary N) is 1. The zero-order valence-electron chi connectivity index (χ0n) is 18.3. The number of nitro benzene ring substituents is 1. The number of carbonyl (C=O) groups excluding carboxylic acids is 1. The molecule has 0 aliphatic carbocycles. The molecule has 1 amide bonds. The summed E-state index contributed by atoms with van der Waals surface area (Å²) < 4.78 is 21.3. The van der Waals surface area contributed by atoms with Crippen LogP contribution in [0.5, 0.6) is 5.75 Å². The Morgan fingerprint density at radius 3 is 2.76 bits per heavy atom. The van der Waals surface area contributed by atoms with Crippen molar-refractivity contribution in [1.82, 2.24) is 14.8 Å². The van der Waals surface area contributed by atoms with E-state index in [1.165, 1.54) is 6.07 Å². The van der Waals surface area contributed by atoms with Gasteiger partial charge in [-0.05, 0) is 38.1 Å². The average molecular weight is 506 g/mol. The smallest absolute Gasteiger partial charge is 0.306 e. The maximum atomic E-state index is 13.5. The molecule has 34 heavy (non-hydrogen) atoms. The monoisotopic (exact) mass is 505 g/mol. The molecule has 0 saturated heterocycles. The molecule has 2 aromatic carbocycles. The molecule has 0 saturated carbocycles. The number of hydrogen-bond donors (Lipinski definition) is 1. The minimum Gasteiger partial charge on any atom is -0.481 e. The summed E-state index contributed by atoms with van der Waals surface area (Å²) in [5.41, 5.74) is -0.610. The molecule has 0 radical (unpaired) electrons. The van der Waals surface area contributed by atoms with E-state index in [1.54, 1.807) is 48.8 Å². The Balaban J connectivity index is 1.74. The van der Waals surface area contributed by atoms with E-state index < -0.39 is 33.7 Å². The summed E-state index contributed by atoms with van der Waals surface area (Å²) in [4.78, 5) is 22.7. The van der Waals surface area contributed by atoms with Gasteiger partial charge in [-0.3, -0.25) is 19.5 Å². The van der Waals surface area contributed by atoms with Crippen molar-refractivity contribution >= 4 is 40.6 Å². The van der Waals surface area contributed by atoms with E-state index in [4.69, 9.17) is 16.3 Å². The van der Waals surface area contributed by atoms with Crippen LogP contribution in [-0.2, 0) is 11.3 Å². The van der Waals surface area contributed by atoms with Crippen molar-refractivity contribution in [3.05, 3.63) is 81.9 Å². The molecule has 2 atom stereocenters. The Morgan fingerprint density at radius 1 is 1.35 bits per heavy atom. The van der Waals surface area contributed by atoms with Gasteiger partial charge in [0.2, 0.25) is 11.7 Å². The lowest BCUT2D eigenvalue weighted by Crippen LogP contribution is -2.23. The number of benzene rings is 2. The summed E-state index contributed by atoms with van der Waals surface area (Å²) in [6.07, 6.45) is 1.17. The van der Waals surface area contributed by atoms with Crippen LogP contribution in [0.1, 0.15) is 25.8 Å². The highest BCUT2D eigenvalue weighted by Gasteiger charge is 2.24. The second-order valence-corrected chi connectivity index (χ2v) is 8.82. The number of para-hydroxylation sites is 1. The number of nitro groups is 1. The zero-order chi connectivity index (χ0) is 24.8. The molecule has 0 spiro atoms. The average Bonchev–Trinajstić information content (AvgIpc) is 3.19. The fourth-order valence-corrected chi connectivity index (χ4v) is 4.00. The van der Waals surface area contributed by atoms with Gasteiger partial charge in [0.25, 0.3) is 0 Å². The number of anilines is 1. The molecular formula is C22H21ClFN5O4S. The standard InChI is InChI=1S/C22H21ClFN5O4S/c1-4-11-28-20(13(2)33-19-8-6-5-7-16(19)23)26-27-22(28)34-14(3)21(30)25-15-9-10-17(24)18(12-15)29(31)32/h4-10,12-14H,1,11H2,2-3H3,(H,25,30). The molecule has 9 nitrogen and oxygen atoms in total. The van der Waals surface area contributed by atoms with Crippen molar-refractivity contribution < 1.29 is 18.8 Å². The van der Waals surface area contributed by atoms with Crippen LogP contribution in [-0.4, -0.2) is 30.8 Å². The lowest BCUT2D eigenvalue weighted by atomic mass is 10.2. The van der Waals surface area contributed by atoms with E-state index in [1.807, 2.05) is 0 Å². The molecule has 1 heterocycles. The highest BCUT2D eigenvalue weighted by atomic mass is 35.5. The van der Waals surface area contributed by atoms with Crippen LogP contribution in [0.3, 0.4) is 0 Å². The lowest BCUT2D eigenvalue weighted by molar-refractivity contribution is -0.387. The normalized spacial score (nSPS) is 12.6. The van der Waals surface area contributed by atoms with Gasteiger partial charge in [-0.25, -0.2) is 0 Å². The van der Waals surface area contributed by atoms with Crippen LogP contribution in [0.4, 0.5) is 15.8 Å². The number of halogens is 2. The molecule has 0 fully saturated rings. The van der Waals surface area contributed by atoms with Gasteiger partial charge in [0.15, 0.2) is 17.1 Å². The molecule has 0 bridgehead atoms. The van der Waals surface area contributed by atoms with Crippen LogP contribution in [0, 0.1) is 15.9 Å². The first-order chi connectivity index (χ1) is 16.2. The van der Waals surface area contributed by atoms with Crippen LogP contribution in [0.2, 0.25) is 5.02 Å². The van der Waals surface area contributed by atoms with E-state index in [0.29, 0.717) is 28.3 Å². The first kappa shape index (κ1) is 25.2. The van der Waals surface area contributed by atoms with Crippen molar-refractivity contribution in [3.63, 3.8) is 0 Å². The summed E-state index contributed by atoms with van der Waals surface area (Å²) >= 11 is 7.32. The third kappa shape index (κ3) is 5.91. The number of ether oxygens (including phenoxy) is 1. The van der Waals surface area contributed by atoms with Gasteiger partial charge in [-0.2, -0.15) is 4.39 Å². The van der Waals surface area contributed by atoms with E-state index in [0.717, 1.165) is 23.9 Å². The van der Waals surface area contributed by atoms with Crippen molar-refractivity contribution in [3.8, 4) is 5.75 Å². The minimum absolute atomic E-state index is 0.112. The number of rotatable bonds is 10. The quantitative estimate of drug-likeness (QED) is 0.169. The third-order valence-corrected chi connectivity index (χ3v) is 6.02. The molecule has 12 heteroatoms. The van der Waals surface area contributed by atoms with Gasteiger partial charge in [0.1, 0.15) is 5.75 Å². The molecule has 178 valence electrons. The Hall–Kier alpha value is -3.44. The van der Waals surface area contributed by atoms with Crippen molar-refractivity contribution in [1.29, 1.82) is 0 Å². The van der Waals surface area contributed by atoms with Crippen LogP contribution >= 0.6 is 23.4 Å². The van der Waals surface area contributed by atoms with Crippen molar-refractivity contribution in [2.75, 3.05) is 5.32 Å². The molecule has 3 aromatic rings. The third-order valence-electron chi connectivity index (χ3n) is 4.62. The topological polar surface area (TPSA) is 112 Å². The summed E-state index contributed by atoms with van der Waals surface area (Å²) in [6, 6.07) is 10.2. The summed E-state index contributed by atoms with van der Waals surface area (Å²) in [5, 5.41) is 22.2. The summed E-state index contributed by atoms with van der Waals surface area (Å²) in [5.74, 6) is -0.408. The van der Waals surface area contributed by atoms with Gasteiger partial charge in [-0.1, -0.05) is 41.6 Å². The number of allylic oxidation sites excluding steroid dienone is 1. The van der Waals surface area contributed by atoms with Gasteiger partial charge < -0.3 is 10.1 Å². The highest BCUT2D eigenvalue weighted by molar-refractivity contribution is 8.00. The van der Waals surface area contributed by atoms with E-state index in [9.17, 15) is 19.3 Å². The lowest BCUT2D eigenvalue weighted by Gasteiger charge is -2.17. The van der Waals surface area contributed by atoms with Crippen molar-refractivity contribution in [2.45, 2.75) is 36.9 Å². The van der Waals surface area contributed by atoms with Gasteiger partial charge >= 0.3 is 5.69 Å². The number of aromatic nitrogens is 3. The van der Waals surface area contributed by atoms with Crippen molar-refractivity contribution in [2.24, 2.45) is 0 Å². The van der Waals surface area contributed by atoms with E-state index in [-0.39, 0.29) is 5.69 Å². The number of hydrogen-bond acceptors (Lipinski definition) is 7. The van der Waals surface area contributed by atoms with Crippen LogP contribution in [0.25, 0.3) is 0 Å². The van der Waals surface area contributed by atoms with E-state index >= 15 is 0 Å². The second kappa shape index (κ2) is 11.1. The van der Waals surface area contributed by atoms with Gasteiger partial charge in [0.05, 0.1) is 15.2 Å². The second-order valence-electron chi connectivity index (χ2n) is 7.10. The number of amides is 1. The predicted molar refractivity (Wildman–Crippen MR) is 128 cm³/mol. The van der Waals surface area contributed by atoms with E-state index in [2.05, 4.69) is 22.1 Å². The van der Waals surface area contributed by atoms with Gasteiger partial charge in [-0.15, -0.1) is 16.8 Å². The van der Waals surface area contributed by atoms with Gasteiger partial charge in [0, 0.05) is 18.3 Å². The SMILES string of the molecule is C=CCn1c(SC(C)C(=O)Nc2ccc(F)c([N+](=O)[O-])c2)nnc1C(C)Oc1ccccc1Cl. The number of nitrogens with zero attached hydrogens (tertiary/aromatic N) is 4. The molecule has 1 N–H and O–H groups in total. The first-order valence-corrected chi connectivity index (χ1v) is 11.3. The van der Waals surface area contributed by atoms with Crippen LogP contribution < -0.4 is 10.1 Å².